The Balaban J connectivity index is 1.78. The molecule has 31 heavy (non-hydrogen) atoms. The van der Waals surface area contributed by atoms with Crippen molar-refractivity contribution in [1.82, 2.24) is 14.8 Å². The Kier molecular flexibility index (Phi) is 4.02. The highest BCUT2D eigenvalue weighted by Gasteiger charge is 2.54. The zero-order valence-electron chi connectivity index (χ0n) is 16.8. The summed E-state index contributed by atoms with van der Waals surface area (Å²) in [4.78, 5) is 17.7. The number of anilines is 1. The summed E-state index contributed by atoms with van der Waals surface area (Å²) in [6.45, 7) is 1.71. The Bertz CT molecular complexity index is 1290. The van der Waals surface area contributed by atoms with Gasteiger partial charge in [0.15, 0.2) is 17.2 Å². The van der Waals surface area contributed by atoms with Gasteiger partial charge in [-0.15, -0.1) is 5.10 Å². The molecular formula is C22H18FN5O3. The number of benzene rings is 1. The lowest BCUT2D eigenvalue weighted by molar-refractivity contribution is 0.0731. The van der Waals surface area contributed by atoms with Crippen LogP contribution in [0.3, 0.4) is 0 Å². The zero-order valence-corrected chi connectivity index (χ0v) is 16.8. The van der Waals surface area contributed by atoms with Gasteiger partial charge in [0.25, 0.3) is 0 Å². The number of fused-ring (bicyclic) bond motifs is 5. The number of nitriles is 1. The molecule has 9 heteroatoms. The highest BCUT2D eigenvalue weighted by molar-refractivity contribution is 6.06. The standard InChI is InChI=1S/C22H18FN5O3/c1-11-15-8-13(23)3-4-14(15)19(29)22(5-6-22)31-21-18(16(9-24)28(2)27-21)12-7-17(30-11)20(25)26-10-12/h3-4,7-8,10-11H,5-6H2,1-2H3,(H2,25,26)/t11-/m1/s1. The number of halogens is 1. The van der Waals surface area contributed by atoms with E-state index >= 15 is 0 Å². The summed E-state index contributed by atoms with van der Waals surface area (Å²) in [6.07, 6.45) is 1.79. The number of ether oxygens (including phenoxy) is 2. The van der Waals surface area contributed by atoms with Crippen LogP contribution in [0.1, 0.15) is 47.5 Å². The average molecular weight is 419 g/mol. The van der Waals surface area contributed by atoms with Gasteiger partial charge in [0, 0.05) is 29.9 Å². The lowest BCUT2D eigenvalue weighted by Crippen LogP contribution is -2.31. The Morgan fingerprint density at radius 1 is 1.35 bits per heavy atom. The predicted octanol–water partition coefficient (Wildman–Crippen LogP) is 3.32. The highest BCUT2D eigenvalue weighted by Crippen LogP contribution is 2.47. The van der Waals surface area contributed by atoms with E-state index in [9.17, 15) is 14.4 Å². The van der Waals surface area contributed by atoms with Crippen LogP contribution in [-0.4, -0.2) is 26.1 Å². The lowest BCUT2D eigenvalue weighted by atomic mass is 9.95. The van der Waals surface area contributed by atoms with Crippen LogP contribution in [0.25, 0.3) is 11.1 Å². The molecule has 5 rings (SSSR count). The van der Waals surface area contributed by atoms with Gasteiger partial charge in [-0.05, 0) is 44.0 Å². The average Bonchev–Trinajstić information content (AvgIpc) is 3.45. The second kappa shape index (κ2) is 6.54. The van der Waals surface area contributed by atoms with Gasteiger partial charge < -0.3 is 15.2 Å². The van der Waals surface area contributed by atoms with Crippen molar-refractivity contribution in [2.24, 2.45) is 7.05 Å². The van der Waals surface area contributed by atoms with Crippen molar-refractivity contribution in [3.05, 3.63) is 53.1 Å². The minimum absolute atomic E-state index is 0.125. The van der Waals surface area contributed by atoms with Crippen molar-refractivity contribution in [3.8, 4) is 28.8 Å². The molecule has 1 fully saturated rings. The number of rotatable bonds is 0. The molecule has 1 aromatic carbocycles. The van der Waals surface area contributed by atoms with Gasteiger partial charge in [0.05, 0.1) is 5.56 Å². The number of pyridine rings is 1. The first kappa shape index (κ1) is 19.1. The monoisotopic (exact) mass is 419 g/mol. The molecule has 0 amide bonds. The fourth-order valence-electron chi connectivity index (χ4n) is 3.90. The third-order valence-electron chi connectivity index (χ3n) is 5.70. The smallest absolute Gasteiger partial charge is 0.243 e. The van der Waals surface area contributed by atoms with E-state index in [1.54, 1.807) is 20.0 Å². The maximum atomic E-state index is 14.1. The molecule has 0 unspecified atom stereocenters. The Hall–Kier alpha value is -3.93. The molecule has 1 aliphatic carbocycles. The number of Topliss-reactive ketones (excluding diaryl/α,β-unsaturated/α-hetero) is 1. The van der Waals surface area contributed by atoms with Crippen molar-refractivity contribution in [2.45, 2.75) is 31.5 Å². The van der Waals surface area contributed by atoms with Gasteiger partial charge in [-0.3, -0.25) is 9.48 Å². The van der Waals surface area contributed by atoms with E-state index in [1.807, 2.05) is 0 Å². The minimum atomic E-state index is -1.12. The number of nitrogens with zero attached hydrogens (tertiary/aromatic N) is 4. The molecule has 2 aliphatic rings. The lowest BCUT2D eigenvalue weighted by Gasteiger charge is -2.23. The van der Waals surface area contributed by atoms with Crippen molar-refractivity contribution in [2.75, 3.05) is 5.73 Å². The number of nitrogen functional groups attached to an aromatic ring is 1. The fourth-order valence-corrected chi connectivity index (χ4v) is 3.90. The Morgan fingerprint density at radius 2 is 2.13 bits per heavy atom. The first-order valence-electron chi connectivity index (χ1n) is 9.76. The van der Waals surface area contributed by atoms with E-state index in [1.165, 1.54) is 29.1 Å². The van der Waals surface area contributed by atoms with Crippen LogP contribution in [0, 0.1) is 17.1 Å². The molecule has 1 atom stereocenters. The van der Waals surface area contributed by atoms with Crippen LogP contribution in [0.2, 0.25) is 0 Å². The quantitative estimate of drug-likeness (QED) is 0.594. The minimum Gasteiger partial charge on any atom is -0.482 e. The van der Waals surface area contributed by atoms with E-state index < -0.39 is 17.5 Å². The van der Waals surface area contributed by atoms with Gasteiger partial charge in [-0.25, -0.2) is 9.37 Å². The summed E-state index contributed by atoms with van der Waals surface area (Å²) in [6, 6.07) is 7.73. The third-order valence-corrected chi connectivity index (χ3v) is 5.70. The summed E-state index contributed by atoms with van der Waals surface area (Å²) in [5.74, 6) is -0.234. The second-order valence-corrected chi connectivity index (χ2v) is 7.79. The zero-order chi connectivity index (χ0) is 21.9. The fraction of sp³-hybridized carbons (Fsp3) is 0.273. The predicted molar refractivity (Wildman–Crippen MR) is 108 cm³/mol. The molecule has 3 aromatic rings. The second-order valence-electron chi connectivity index (χ2n) is 7.79. The van der Waals surface area contributed by atoms with Crippen LogP contribution >= 0.6 is 0 Å². The molecule has 0 saturated heterocycles. The topological polar surface area (TPSA) is 116 Å². The molecular weight excluding hydrogens is 401 g/mol. The van der Waals surface area contributed by atoms with Crippen molar-refractivity contribution >= 4 is 11.6 Å². The van der Waals surface area contributed by atoms with Crippen LogP contribution in [-0.2, 0) is 7.05 Å². The van der Waals surface area contributed by atoms with E-state index in [0.29, 0.717) is 35.1 Å². The molecule has 8 nitrogen and oxygen atoms in total. The molecule has 2 aromatic heterocycles. The van der Waals surface area contributed by atoms with Crippen LogP contribution in [0.5, 0.6) is 11.6 Å². The number of aromatic nitrogens is 3. The maximum Gasteiger partial charge on any atom is 0.243 e. The molecule has 3 heterocycles. The first-order chi connectivity index (χ1) is 14.8. The van der Waals surface area contributed by atoms with Gasteiger partial charge >= 0.3 is 0 Å². The largest absolute Gasteiger partial charge is 0.482 e. The number of ketones is 1. The molecule has 1 saturated carbocycles. The van der Waals surface area contributed by atoms with E-state index in [0.717, 1.165) is 0 Å². The summed E-state index contributed by atoms with van der Waals surface area (Å²) in [5.41, 5.74) is 6.77. The molecule has 0 radical (unpaired) electrons. The van der Waals surface area contributed by atoms with Gasteiger partial charge in [0.1, 0.15) is 23.7 Å². The molecule has 1 aliphatic heterocycles. The SMILES string of the molecule is C[C@H]1Oc2cc(cnc2N)-c2c(nn(C)c2C#N)OC2(CC2)C(=O)c2ccc(F)cc21. The van der Waals surface area contributed by atoms with Crippen molar-refractivity contribution in [3.63, 3.8) is 0 Å². The summed E-state index contributed by atoms with van der Waals surface area (Å²) in [7, 11) is 1.62. The number of hydrogen-bond donors (Lipinski definition) is 1. The summed E-state index contributed by atoms with van der Waals surface area (Å²) >= 11 is 0. The van der Waals surface area contributed by atoms with Crippen LogP contribution in [0.4, 0.5) is 10.2 Å². The number of hydrogen-bond acceptors (Lipinski definition) is 7. The summed E-state index contributed by atoms with van der Waals surface area (Å²) in [5, 5.41) is 14.0. The van der Waals surface area contributed by atoms with Crippen molar-refractivity contribution < 1.29 is 18.7 Å². The third kappa shape index (κ3) is 2.91. The van der Waals surface area contributed by atoms with Gasteiger partial charge in [-0.1, -0.05) is 0 Å². The molecule has 1 spiro atoms. The Morgan fingerprint density at radius 3 is 2.84 bits per heavy atom. The van der Waals surface area contributed by atoms with E-state index in [-0.39, 0.29) is 28.9 Å². The highest BCUT2D eigenvalue weighted by atomic mass is 19.1. The van der Waals surface area contributed by atoms with Gasteiger partial charge in [0.2, 0.25) is 11.7 Å². The van der Waals surface area contributed by atoms with E-state index in [4.69, 9.17) is 15.2 Å². The van der Waals surface area contributed by atoms with Crippen LogP contribution in [0.15, 0.2) is 30.5 Å². The number of aryl methyl sites for hydroxylation is 1. The first-order valence-corrected chi connectivity index (χ1v) is 9.76. The summed E-state index contributed by atoms with van der Waals surface area (Å²) < 4.78 is 27.6. The normalized spacial score (nSPS) is 18.5. The molecule has 2 bridgehead atoms. The molecule has 156 valence electrons. The maximum absolute atomic E-state index is 14.1. The Labute approximate surface area is 177 Å². The van der Waals surface area contributed by atoms with Crippen LogP contribution < -0.4 is 15.2 Å². The number of carbonyl (C=O) groups excluding carboxylic acids is 1. The van der Waals surface area contributed by atoms with E-state index in [2.05, 4.69) is 16.2 Å². The number of carbonyl (C=O) groups is 1. The molecule has 2 N–H and O–H groups in total. The number of nitrogens with two attached hydrogens (primary N) is 1. The van der Waals surface area contributed by atoms with Gasteiger partial charge in [-0.2, -0.15) is 5.26 Å². The van der Waals surface area contributed by atoms with Crippen molar-refractivity contribution in [1.29, 1.82) is 5.26 Å².